The number of carbonyl (C=O) groups excluding carboxylic acids is 1. The molecule has 0 atom stereocenters. The van der Waals surface area contributed by atoms with Crippen molar-refractivity contribution in [1.29, 1.82) is 0 Å². The predicted octanol–water partition coefficient (Wildman–Crippen LogP) is 2.55. The van der Waals surface area contributed by atoms with Gasteiger partial charge in [-0.25, -0.2) is 8.78 Å². The maximum Gasteiger partial charge on any atom is 0.241 e. The fraction of sp³-hybridized carbons (Fsp3) is 0.462. The zero-order chi connectivity index (χ0) is 13.9. The Hall–Kier alpha value is -1.65. The van der Waals surface area contributed by atoms with Gasteiger partial charge in [0, 0.05) is 19.2 Å². The number of nitrogens with zero attached hydrogens (tertiary/aromatic N) is 1. The molecule has 0 aliphatic rings. The van der Waals surface area contributed by atoms with Crippen molar-refractivity contribution in [2.45, 2.75) is 26.8 Å². The third-order valence-corrected chi connectivity index (χ3v) is 2.85. The van der Waals surface area contributed by atoms with Gasteiger partial charge in [-0.15, -0.1) is 0 Å². The first-order chi connectivity index (χ1) is 8.32. The summed E-state index contributed by atoms with van der Waals surface area (Å²) in [4.78, 5) is 13.2. The molecule has 18 heavy (non-hydrogen) atoms. The van der Waals surface area contributed by atoms with Crippen LogP contribution in [0, 0.1) is 18.6 Å². The number of hydrogen-bond acceptors (Lipinski definition) is 2. The van der Waals surface area contributed by atoms with E-state index in [0.29, 0.717) is 0 Å². The number of aryl methyl sites for hydroxylation is 1. The lowest BCUT2D eigenvalue weighted by molar-refractivity contribution is -0.129. The Morgan fingerprint density at radius 3 is 2.50 bits per heavy atom. The highest BCUT2D eigenvalue weighted by atomic mass is 19.1. The Labute approximate surface area is 106 Å². The topological polar surface area (TPSA) is 32.3 Å². The number of hydrogen-bond donors (Lipinski definition) is 1. The summed E-state index contributed by atoms with van der Waals surface area (Å²) in [5.41, 5.74) is 0.243. The Kier molecular flexibility index (Phi) is 4.64. The highest BCUT2D eigenvalue weighted by molar-refractivity contribution is 5.80. The van der Waals surface area contributed by atoms with Gasteiger partial charge >= 0.3 is 0 Å². The van der Waals surface area contributed by atoms with E-state index in [4.69, 9.17) is 0 Å². The number of anilines is 1. The molecule has 1 amide bonds. The van der Waals surface area contributed by atoms with Crippen LogP contribution in [0.1, 0.15) is 19.4 Å². The van der Waals surface area contributed by atoms with Crippen molar-refractivity contribution in [3.8, 4) is 0 Å². The van der Waals surface area contributed by atoms with E-state index in [0.717, 1.165) is 12.1 Å². The van der Waals surface area contributed by atoms with E-state index >= 15 is 0 Å². The fourth-order valence-corrected chi connectivity index (χ4v) is 1.37. The van der Waals surface area contributed by atoms with Crippen molar-refractivity contribution in [2.75, 3.05) is 18.9 Å². The molecule has 1 rings (SSSR count). The van der Waals surface area contributed by atoms with Crippen LogP contribution < -0.4 is 5.32 Å². The lowest BCUT2D eigenvalue weighted by Gasteiger charge is -2.21. The smallest absolute Gasteiger partial charge is 0.241 e. The van der Waals surface area contributed by atoms with Crippen LogP contribution in [0.3, 0.4) is 0 Å². The third kappa shape index (κ3) is 3.42. The summed E-state index contributed by atoms with van der Waals surface area (Å²) < 4.78 is 26.8. The van der Waals surface area contributed by atoms with E-state index in [9.17, 15) is 13.6 Å². The molecule has 100 valence electrons. The van der Waals surface area contributed by atoms with Crippen molar-refractivity contribution in [3.63, 3.8) is 0 Å². The highest BCUT2D eigenvalue weighted by Gasteiger charge is 2.13. The third-order valence-electron chi connectivity index (χ3n) is 2.85. The fourth-order valence-electron chi connectivity index (χ4n) is 1.37. The van der Waals surface area contributed by atoms with Gasteiger partial charge < -0.3 is 10.2 Å². The molecule has 3 nitrogen and oxygen atoms in total. The summed E-state index contributed by atoms with van der Waals surface area (Å²) in [6, 6.07) is 2.24. The second-order valence-corrected chi connectivity index (χ2v) is 4.53. The van der Waals surface area contributed by atoms with Crippen LogP contribution in [-0.4, -0.2) is 30.4 Å². The van der Waals surface area contributed by atoms with E-state index in [1.165, 1.54) is 11.8 Å². The van der Waals surface area contributed by atoms with E-state index in [1.807, 2.05) is 13.8 Å². The number of carbonyl (C=O) groups is 1. The number of rotatable bonds is 4. The summed E-state index contributed by atoms with van der Waals surface area (Å²) in [6.07, 6.45) is 0. The summed E-state index contributed by atoms with van der Waals surface area (Å²) in [7, 11) is 1.67. The van der Waals surface area contributed by atoms with E-state index in [1.54, 1.807) is 7.05 Å². The maximum atomic E-state index is 13.5. The number of nitrogens with one attached hydrogen (secondary N) is 1. The number of halogens is 2. The lowest BCUT2D eigenvalue weighted by Crippen LogP contribution is -2.37. The van der Waals surface area contributed by atoms with Gasteiger partial charge in [0.2, 0.25) is 5.91 Å². The zero-order valence-electron chi connectivity index (χ0n) is 11.1. The molecule has 0 aromatic heterocycles. The van der Waals surface area contributed by atoms with Gasteiger partial charge in [0.25, 0.3) is 0 Å². The molecule has 0 spiro atoms. The second kappa shape index (κ2) is 5.80. The second-order valence-electron chi connectivity index (χ2n) is 4.53. The van der Waals surface area contributed by atoms with Crippen LogP contribution in [0.4, 0.5) is 14.5 Å². The Bertz CT molecular complexity index is 447. The van der Waals surface area contributed by atoms with Gasteiger partial charge in [-0.05, 0) is 32.4 Å². The van der Waals surface area contributed by atoms with Gasteiger partial charge in [0.1, 0.15) is 11.6 Å². The Morgan fingerprint density at radius 1 is 1.33 bits per heavy atom. The molecule has 0 radical (unpaired) electrons. The summed E-state index contributed by atoms with van der Waals surface area (Å²) in [5, 5.41) is 2.61. The lowest BCUT2D eigenvalue weighted by atomic mass is 10.2. The number of likely N-dealkylation sites (N-methyl/N-ethyl adjacent to an activating group) is 1. The first-order valence-electron chi connectivity index (χ1n) is 5.78. The maximum absolute atomic E-state index is 13.5. The molecule has 0 heterocycles. The van der Waals surface area contributed by atoms with Crippen molar-refractivity contribution in [1.82, 2.24) is 4.90 Å². The average molecular weight is 256 g/mol. The van der Waals surface area contributed by atoms with Gasteiger partial charge in [-0.3, -0.25) is 4.79 Å². The van der Waals surface area contributed by atoms with Gasteiger partial charge in [0.15, 0.2) is 0 Å². The van der Waals surface area contributed by atoms with Crippen LogP contribution in [0.25, 0.3) is 0 Å². The monoisotopic (exact) mass is 256 g/mol. The number of amides is 1. The minimum Gasteiger partial charge on any atom is -0.374 e. The molecule has 0 fully saturated rings. The minimum atomic E-state index is -0.561. The molecule has 0 bridgehead atoms. The molecule has 0 unspecified atom stereocenters. The van der Waals surface area contributed by atoms with Gasteiger partial charge in [0.05, 0.1) is 12.2 Å². The van der Waals surface area contributed by atoms with Crippen molar-refractivity contribution >= 4 is 11.6 Å². The largest absolute Gasteiger partial charge is 0.374 e. The zero-order valence-corrected chi connectivity index (χ0v) is 11.1. The molecule has 5 heteroatoms. The summed E-state index contributed by atoms with van der Waals surface area (Å²) in [5.74, 6) is -1.23. The molecular weight excluding hydrogens is 238 g/mol. The normalized spacial score (nSPS) is 10.6. The first-order valence-corrected chi connectivity index (χ1v) is 5.78. The Balaban J connectivity index is 2.70. The van der Waals surface area contributed by atoms with Gasteiger partial charge in [-0.1, -0.05) is 0 Å². The average Bonchev–Trinajstić information content (AvgIpc) is 2.30. The molecule has 0 saturated heterocycles. The van der Waals surface area contributed by atoms with Crippen LogP contribution in [0.15, 0.2) is 12.1 Å². The molecule has 1 aromatic rings. The van der Waals surface area contributed by atoms with Gasteiger partial charge in [-0.2, -0.15) is 0 Å². The predicted molar refractivity (Wildman–Crippen MR) is 67.5 cm³/mol. The SMILES string of the molecule is Cc1cc(F)c(NCC(=O)N(C)C(C)C)cc1F. The molecule has 0 aliphatic carbocycles. The summed E-state index contributed by atoms with van der Waals surface area (Å²) >= 11 is 0. The van der Waals surface area contributed by atoms with E-state index < -0.39 is 11.6 Å². The van der Waals surface area contributed by atoms with Crippen molar-refractivity contribution in [2.24, 2.45) is 0 Å². The molecular formula is C13H18F2N2O. The van der Waals surface area contributed by atoms with E-state index in [-0.39, 0.29) is 29.7 Å². The van der Waals surface area contributed by atoms with Crippen LogP contribution in [0.2, 0.25) is 0 Å². The molecule has 1 aromatic carbocycles. The molecule has 0 aliphatic heterocycles. The molecule has 1 N–H and O–H groups in total. The van der Waals surface area contributed by atoms with Crippen LogP contribution in [0.5, 0.6) is 0 Å². The Morgan fingerprint density at radius 2 is 1.94 bits per heavy atom. The van der Waals surface area contributed by atoms with Crippen molar-refractivity contribution in [3.05, 3.63) is 29.3 Å². The van der Waals surface area contributed by atoms with Crippen LogP contribution in [-0.2, 0) is 4.79 Å². The highest BCUT2D eigenvalue weighted by Crippen LogP contribution is 2.18. The summed E-state index contributed by atoms with van der Waals surface area (Å²) in [6.45, 7) is 5.18. The standard InChI is InChI=1S/C13H18F2N2O/c1-8(2)17(4)13(18)7-16-12-6-10(14)9(3)5-11(12)15/h5-6,8,16H,7H2,1-4H3. The quantitative estimate of drug-likeness (QED) is 0.898. The number of benzene rings is 1. The minimum absolute atomic E-state index is 0.00334. The van der Waals surface area contributed by atoms with Crippen molar-refractivity contribution < 1.29 is 13.6 Å². The van der Waals surface area contributed by atoms with E-state index in [2.05, 4.69) is 5.32 Å². The first kappa shape index (κ1) is 14.4. The van der Waals surface area contributed by atoms with Crippen LogP contribution >= 0.6 is 0 Å². The molecule has 0 saturated carbocycles.